The lowest BCUT2D eigenvalue weighted by molar-refractivity contribution is -0.108. The molecular formula is C13H20N2O4. The number of rotatable bonds is 4. The van der Waals surface area contributed by atoms with Crippen LogP contribution in [0.2, 0.25) is 0 Å². The maximum Gasteiger partial charge on any atom is 0.408 e. The minimum atomic E-state index is -0.589. The van der Waals surface area contributed by atoms with Gasteiger partial charge in [0.05, 0.1) is 11.7 Å². The molecule has 0 unspecified atom stereocenters. The van der Waals surface area contributed by atoms with Gasteiger partial charge in [0.2, 0.25) is 0 Å². The molecule has 0 saturated heterocycles. The largest absolute Gasteiger partial charge is 0.444 e. The summed E-state index contributed by atoms with van der Waals surface area (Å²) >= 11 is 0. The van der Waals surface area contributed by atoms with Gasteiger partial charge in [-0.25, -0.2) is 4.79 Å². The number of aryl methyl sites for hydroxylation is 2. The minimum absolute atomic E-state index is 0.141. The van der Waals surface area contributed by atoms with Crippen molar-refractivity contribution in [1.82, 2.24) is 10.5 Å². The van der Waals surface area contributed by atoms with Crippen molar-refractivity contribution < 1.29 is 18.8 Å². The van der Waals surface area contributed by atoms with E-state index in [1.165, 1.54) is 0 Å². The van der Waals surface area contributed by atoms with Gasteiger partial charge < -0.3 is 19.4 Å². The van der Waals surface area contributed by atoms with E-state index < -0.39 is 17.7 Å². The molecule has 0 spiro atoms. The highest BCUT2D eigenvalue weighted by atomic mass is 16.6. The number of alkyl carbamates (subject to hydrolysis) is 1. The Hall–Kier alpha value is -1.85. The van der Waals surface area contributed by atoms with E-state index in [0.29, 0.717) is 11.5 Å². The fourth-order valence-corrected chi connectivity index (χ4v) is 1.78. The van der Waals surface area contributed by atoms with E-state index in [2.05, 4.69) is 10.5 Å². The average molecular weight is 268 g/mol. The van der Waals surface area contributed by atoms with Gasteiger partial charge in [0, 0.05) is 12.0 Å². The molecule has 1 heterocycles. The van der Waals surface area contributed by atoms with Crippen LogP contribution in [0.25, 0.3) is 0 Å². The van der Waals surface area contributed by atoms with Gasteiger partial charge >= 0.3 is 6.09 Å². The summed E-state index contributed by atoms with van der Waals surface area (Å²) < 4.78 is 10.2. The van der Waals surface area contributed by atoms with Crippen LogP contribution >= 0.6 is 0 Å². The van der Waals surface area contributed by atoms with Gasteiger partial charge in [0.1, 0.15) is 17.6 Å². The van der Waals surface area contributed by atoms with Crippen LogP contribution in [0.3, 0.4) is 0 Å². The summed E-state index contributed by atoms with van der Waals surface area (Å²) in [6, 6.07) is -0.487. The number of hydrogen-bond acceptors (Lipinski definition) is 5. The molecule has 6 nitrogen and oxygen atoms in total. The standard InChI is InChI=1S/C13H20N2O4/c1-8-11(9(2)19-15-8)10(6-7-16)14-12(17)18-13(3,4)5/h7,10H,6H2,1-5H3,(H,14,17)/t10-/m0/s1. The monoisotopic (exact) mass is 268 g/mol. The van der Waals surface area contributed by atoms with Crippen molar-refractivity contribution >= 4 is 12.4 Å². The molecule has 0 fully saturated rings. The van der Waals surface area contributed by atoms with Gasteiger partial charge in [-0.1, -0.05) is 5.16 Å². The molecule has 0 aliphatic heterocycles. The van der Waals surface area contributed by atoms with Crippen molar-refractivity contribution in [2.75, 3.05) is 0 Å². The van der Waals surface area contributed by atoms with Gasteiger partial charge in [-0.15, -0.1) is 0 Å². The highest BCUT2D eigenvalue weighted by molar-refractivity contribution is 5.69. The lowest BCUT2D eigenvalue weighted by atomic mass is 10.0. The van der Waals surface area contributed by atoms with Gasteiger partial charge in [-0.3, -0.25) is 0 Å². The first-order valence-electron chi connectivity index (χ1n) is 6.10. The Morgan fingerprint density at radius 1 is 1.47 bits per heavy atom. The second-order valence-corrected chi connectivity index (χ2v) is 5.34. The Bertz CT molecular complexity index is 440. The lowest BCUT2D eigenvalue weighted by Crippen LogP contribution is -2.35. The van der Waals surface area contributed by atoms with Crippen LogP contribution in [0.4, 0.5) is 4.79 Å². The molecule has 1 aromatic rings. The van der Waals surface area contributed by atoms with E-state index in [0.717, 1.165) is 11.8 Å². The second-order valence-electron chi connectivity index (χ2n) is 5.34. The molecule has 1 atom stereocenters. The number of carbonyl (C=O) groups excluding carboxylic acids is 2. The molecule has 0 bridgehead atoms. The summed E-state index contributed by atoms with van der Waals surface area (Å²) in [6.45, 7) is 8.83. The molecule has 1 N–H and O–H groups in total. The first-order valence-corrected chi connectivity index (χ1v) is 6.10. The van der Waals surface area contributed by atoms with Crippen LogP contribution in [-0.2, 0) is 9.53 Å². The number of amides is 1. The maximum atomic E-state index is 11.8. The van der Waals surface area contributed by atoms with Crippen LogP contribution in [0.5, 0.6) is 0 Å². The quantitative estimate of drug-likeness (QED) is 0.848. The van der Waals surface area contributed by atoms with Crippen LogP contribution in [0.15, 0.2) is 4.52 Å². The highest BCUT2D eigenvalue weighted by Crippen LogP contribution is 2.24. The zero-order chi connectivity index (χ0) is 14.6. The van der Waals surface area contributed by atoms with Crippen molar-refractivity contribution in [3.63, 3.8) is 0 Å². The van der Waals surface area contributed by atoms with Crippen molar-refractivity contribution in [2.45, 2.75) is 52.7 Å². The van der Waals surface area contributed by atoms with Gasteiger partial charge in [-0.05, 0) is 34.6 Å². The van der Waals surface area contributed by atoms with Gasteiger partial charge in [0.25, 0.3) is 0 Å². The summed E-state index contributed by atoms with van der Waals surface area (Å²) in [6.07, 6.45) is 0.315. The summed E-state index contributed by atoms with van der Waals surface area (Å²) in [5.74, 6) is 0.584. The van der Waals surface area contributed by atoms with E-state index in [-0.39, 0.29) is 6.42 Å². The van der Waals surface area contributed by atoms with E-state index in [9.17, 15) is 9.59 Å². The molecule has 1 aromatic heterocycles. The van der Waals surface area contributed by atoms with Gasteiger partial charge in [0.15, 0.2) is 0 Å². The fourth-order valence-electron chi connectivity index (χ4n) is 1.78. The predicted octanol–water partition coefficient (Wildman–Crippen LogP) is 2.45. The number of carbonyl (C=O) groups is 2. The van der Waals surface area contributed by atoms with Crippen LogP contribution in [0.1, 0.15) is 50.3 Å². The van der Waals surface area contributed by atoms with Crippen molar-refractivity contribution in [2.24, 2.45) is 0 Å². The smallest absolute Gasteiger partial charge is 0.408 e. The molecule has 0 aliphatic carbocycles. The van der Waals surface area contributed by atoms with Crippen LogP contribution in [0, 0.1) is 13.8 Å². The zero-order valence-electron chi connectivity index (χ0n) is 11.9. The Morgan fingerprint density at radius 2 is 2.11 bits per heavy atom. The normalized spacial score (nSPS) is 12.9. The third kappa shape index (κ3) is 4.39. The Balaban J connectivity index is 2.85. The molecule has 0 aliphatic rings. The second kappa shape index (κ2) is 5.86. The number of ether oxygens (including phenoxy) is 1. The van der Waals surface area contributed by atoms with Crippen LogP contribution in [-0.4, -0.2) is 23.1 Å². The number of aldehydes is 1. The summed E-state index contributed by atoms with van der Waals surface area (Å²) in [5, 5.41) is 6.48. The molecule has 19 heavy (non-hydrogen) atoms. The highest BCUT2D eigenvalue weighted by Gasteiger charge is 2.24. The first kappa shape index (κ1) is 15.2. The van der Waals surface area contributed by atoms with E-state index in [1.54, 1.807) is 34.6 Å². The third-order valence-corrected chi connectivity index (χ3v) is 2.46. The fraction of sp³-hybridized carbons (Fsp3) is 0.615. The van der Waals surface area contributed by atoms with Crippen molar-refractivity contribution in [3.05, 3.63) is 17.0 Å². The Morgan fingerprint density at radius 3 is 2.53 bits per heavy atom. The maximum absolute atomic E-state index is 11.8. The molecule has 106 valence electrons. The number of aromatic nitrogens is 1. The zero-order valence-corrected chi connectivity index (χ0v) is 11.9. The number of nitrogens with one attached hydrogen (secondary N) is 1. The van der Waals surface area contributed by atoms with Gasteiger partial charge in [-0.2, -0.15) is 0 Å². The summed E-state index contributed by atoms with van der Waals surface area (Å²) in [7, 11) is 0. The number of hydrogen-bond donors (Lipinski definition) is 1. The van der Waals surface area contributed by atoms with Crippen LogP contribution < -0.4 is 5.32 Å². The lowest BCUT2D eigenvalue weighted by Gasteiger charge is -2.22. The molecule has 6 heteroatoms. The Labute approximate surface area is 112 Å². The van der Waals surface area contributed by atoms with E-state index in [1.807, 2.05) is 0 Å². The third-order valence-electron chi connectivity index (χ3n) is 2.46. The molecule has 1 amide bonds. The first-order chi connectivity index (χ1) is 8.74. The Kier molecular flexibility index (Phi) is 4.69. The predicted molar refractivity (Wildman–Crippen MR) is 68.8 cm³/mol. The molecular weight excluding hydrogens is 248 g/mol. The van der Waals surface area contributed by atoms with Crippen molar-refractivity contribution in [3.8, 4) is 0 Å². The molecule has 0 saturated carbocycles. The number of nitrogens with zero attached hydrogens (tertiary/aromatic N) is 1. The minimum Gasteiger partial charge on any atom is -0.444 e. The molecule has 1 rings (SSSR count). The summed E-state index contributed by atoms with van der Waals surface area (Å²) in [4.78, 5) is 22.5. The van der Waals surface area contributed by atoms with Crippen molar-refractivity contribution in [1.29, 1.82) is 0 Å². The van der Waals surface area contributed by atoms with E-state index >= 15 is 0 Å². The SMILES string of the molecule is Cc1noc(C)c1[C@H](CC=O)NC(=O)OC(C)(C)C. The topological polar surface area (TPSA) is 81.4 Å². The molecule has 0 aromatic carbocycles. The molecule has 0 radical (unpaired) electrons. The summed E-state index contributed by atoms with van der Waals surface area (Å²) in [5.41, 5.74) is 0.785. The van der Waals surface area contributed by atoms with E-state index in [4.69, 9.17) is 9.26 Å². The average Bonchev–Trinajstić information content (AvgIpc) is 2.55.